The fourth-order valence-electron chi connectivity index (χ4n) is 2.87. The standard InChI is InChI=1S/C18H22IN3O2/c1-18(2,3)24-17(23)22-10-4-5-15(22)16-20-11-14(21-16)12-6-8-13(19)9-7-12/h6-9,11,15H,4-5,10H2,1-3H3,(H,20,21). The molecule has 0 radical (unpaired) electrons. The van der Waals surface area contributed by atoms with Gasteiger partial charge >= 0.3 is 6.09 Å². The number of nitrogens with one attached hydrogen (secondary N) is 1. The van der Waals surface area contributed by atoms with E-state index >= 15 is 0 Å². The first kappa shape index (κ1) is 17.3. The Balaban J connectivity index is 1.78. The molecule has 5 nitrogen and oxygen atoms in total. The Kier molecular flexibility index (Phi) is 4.85. The van der Waals surface area contributed by atoms with Gasteiger partial charge in [-0.05, 0) is 68.3 Å². The van der Waals surface area contributed by atoms with Gasteiger partial charge in [-0.3, -0.25) is 4.90 Å². The number of H-pyrrole nitrogens is 1. The van der Waals surface area contributed by atoms with E-state index in [1.165, 1.54) is 3.57 Å². The van der Waals surface area contributed by atoms with Gasteiger partial charge in [-0.25, -0.2) is 9.78 Å². The first-order valence-corrected chi connectivity index (χ1v) is 9.22. The maximum atomic E-state index is 12.4. The van der Waals surface area contributed by atoms with Crippen LogP contribution in [0.2, 0.25) is 0 Å². The molecule has 1 amide bonds. The highest BCUT2D eigenvalue weighted by Gasteiger charge is 2.34. The molecule has 0 saturated carbocycles. The van der Waals surface area contributed by atoms with E-state index in [0.29, 0.717) is 6.54 Å². The number of halogens is 1. The van der Waals surface area contributed by atoms with Gasteiger partial charge < -0.3 is 9.72 Å². The van der Waals surface area contributed by atoms with Crippen LogP contribution >= 0.6 is 22.6 Å². The Morgan fingerprint density at radius 2 is 2.04 bits per heavy atom. The number of rotatable bonds is 2. The largest absolute Gasteiger partial charge is 0.444 e. The maximum Gasteiger partial charge on any atom is 0.410 e. The normalized spacial score (nSPS) is 18.0. The number of benzene rings is 1. The average molecular weight is 439 g/mol. The lowest BCUT2D eigenvalue weighted by Crippen LogP contribution is -2.36. The van der Waals surface area contributed by atoms with E-state index in [-0.39, 0.29) is 12.1 Å². The fraction of sp³-hybridized carbons (Fsp3) is 0.444. The molecule has 24 heavy (non-hydrogen) atoms. The molecule has 3 rings (SSSR count). The van der Waals surface area contributed by atoms with E-state index in [2.05, 4.69) is 51.8 Å². The number of aromatic amines is 1. The summed E-state index contributed by atoms with van der Waals surface area (Å²) in [6.45, 7) is 6.37. The number of nitrogens with zero attached hydrogens (tertiary/aromatic N) is 2. The second-order valence-corrected chi connectivity index (χ2v) is 8.26. The van der Waals surface area contributed by atoms with Crippen LogP contribution < -0.4 is 0 Å². The second-order valence-electron chi connectivity index (χ2n) is 7.01. The molecule has 1 aliphatic heterocycles. The SMILES string of the molecule is CC(C)(C)OC(=O)N1CCCC1c1nc(-c2ccc(I)cc2)c[nH]1. The van der Waals surface area contributed by atoms with Crippen LogP contribution in [0.25, 0.3) is 11.3 Å². The van der Waals surface area contributed by atoms with Crippen LogP contribution in [0.1, 0.15) is 45.5 Å². The van der Waals surface area contributed by atoms with Gasteiger partial charge in [0, 0.05) is 21.9 Å². The molecule has 0 spiro atoms. The Labute approximate surface area is 155 Å². The molecule has 0 bridgehead atoms. The lowest BCUT2D eigenvalue weighted by molar-refractivity contribution is 0.0219. The minimum absolute atomic E-state index is 0.0440. The molecule has 1 unspecified atom stereocenters. The van der Waals surface area contributed by atoms with Crippen molar-refractivity contribution in [2.24, 2.45) is 0 Å². The van der Waals surface area contributed by atoms with Crippen LogP contribution in [-0.4, -0.2) is 33.1 Å². The zero-order chi connectivity index (χ0) is 17.3. The summed E-state index contributed by atoms with van der Waals surface area (Å²) in [7, 11) is 0. The zero-order valence-electron chi connectivity index (χ0n) is 14.2. The first-order chi connectivity index (χ1) is 11.3. The summed E-state index contributed by atoms with van der Waals surface area (Å²) in [5.41, 5.74) is 1.48. The highest BCUT2D eigenvalue weighted by Crippen LogP contribution is 2.32. The number of amides is 1. The molecular weight excluding hydrogens is 417 g/mol. The van der Waals surface area contributed by atoms with Crippen LogP contribution in [0.3, 0.4) is 0 Å². The highest BCUT2D eigenvalue weighted by atomic mass is 127. The molecule has 0 aliphatic carbocycles. The number of imidazole rings is 1. The van der Waals surface area contributed by atoms with Crippen LogP contribution in [0.5, 0.6) is 0 Å². The number of carbonyl (C=O) groups excluding carboxylic acids is 1. The quantitative estimate of drug-likeness (QED) is 0.687. The molecule has 1 aromatic heterocycles. The summed E-state index contributed by atoms with van der Waals surface area (Å²) < 4.78 is 6.72. The van der Waals surface area contributed by atoms with Crippen LogP contribution in [0.15, 0.2) is 30.5 Å². The second kappa shape index (κ2) is 6.74. The van der Waals surface area contributed by atoms with Gasteiger partial charge in [-0.2, -0.15) is 0 Å². The Morgan fingerprint density at radius 3 is 2.71 bits per heavy atom. The van der Waals surface area contributed by atoms with Crippen molar-refractivity contribution in [2.45, 2.75) is 45.3 Å². The van der Waals surface area contributed by atoms with E-state index in [1.807, 2.05) is 27.0 Å². The molecule has 1 N–H and O–H groups in total. The minimum atomic E-state index is -0.486. The lowest BCUT2D eigenvalue weighted by atomic mass is 10.2. The Hall–Kier alpha value is -1.57. The fourth-order valence-corrected chi connectivity index (χ4v) is 3.23. The van der Waals surface area contributed by atoms with Crippen LogP contribution in [-0.2, 0) is 4.74 Å². The van der Waals surface area contributed by atoms with E-state index in [1.54, 1.807) is 4.90 Å². The van der Waals surface area contributed by atoms with Gasteiger partial charge in [0.25, 0.3) is 0 Å². The molecule has 2 aromatic rings. The number of ether oxygens (including phenoxy) is 1. The Morgan fingerprint density at radius 1 is 1.33 bits per heavy atom. The third kappa shape index (κ3) is 3.91. The molecule has 1 saturated heterocycles. The number of likely N-dealkylation sites (tertiary alicyclic amines) is 1. The molecule has 128 valence electrons. The van der Waals surface area contributed by atoms with Crippen molar-refractivity contribution in [3.05, 3.63) is 39.9 Å². The maximum absolute atomic E-state index is 12.4. The summed E-state index contributed by atoms with van der Waals surface area (Å²) in [6.07, 6.45) is 3.50. The van der Waals surface area contributed by atoms with E-state index in [4.69, 9.17) is 9.72 Å². The number of carbonyl (C=O) groups is 1. The van der Waals surface area contributed by atoms with Gasteiger partial charge in [0.2, 0.25) is 0 Å². The van der Waals surface area contributed by atoms with Crippen LogP contribution in [0, 0.1) is 3.57 Å². The smallest absolute Gasteiger partial charge is 0.410 e. The van der Waals surface area contributed by atoms with Crippen molar-refractivity contribution in [3.63, 3.8) is 0 Å². The molecule has 6 heteroatoms. The molecule has 2 heterocycles. The predicted molar refractivity (Wildman–Crippen MR) is 102 cm³/mol. The van der Waals surface area contributed by atoms with E-state index < -0.39 is 5.60 Å². The first-order valence-electron chi connectivity index (χ1n) is 8.14. The lowest BCUT2D eigenvalue weighted by Gasteiger charge is -2.27. The van der Waals surface area contributed by atoms with Gasteiger partial charge in [0.15, 0.2) is 0 Å². The third-order valence-corrected chi connectivity index (χ3v) is 4.65. The average Bonchev–Trinajstić information content (AvgIpc) is 3.15. The number of aromatic nitrogens is 2. The van der Waals surface area contributed by atoms with Crippen LogP contribution in [0.4, 0.5) is 4.79 Å². The number of hydrogen-bond donors (Lipinski definition) is 1. The summed E-state index contributed by atoms with van der Waals surface area (Å²) in [6, 6.07) is 8.20. The molecule has 1 aromatic carbocycles. The van der Waals surface area contributed by atoms with Crippen molar-refractivity contribution in [2.75, 3.05) is 6.54 Å². The van der Waals surface area contributed by atoms with Gasteiger partial charge in [0.05, 0.1) is 11.7 Å². The summed E-state index contributed by atoms with van der Waals surface area (Å²) in [5, 5.41) is 0. The highest BCUT2D eigenvalue weighted by molar-refractivity contribution is 14.1. The number of hydrogen-bond acceptors (Lipinski definition) is 3. The van der Waals surface area contributed by atoms with Crippen molar-refractivity contribution in [1.29, 1.82) is 0 Å². The Bertz CT molecular complexity index is 719. The summed E-state index contributed by atoms with van der Waals surface area (Å²) >= 11 is 2.29. The van der Waals surface area contributed by atoms with Crippen molar-refractivity contribution < 1.29 is 9.53 Å². The van der Waals surface area contributed by atoms with Gasteiger partial charge in [-0.15, -0.1) is 0 Å². The monoisotopic (exact) mass is 439 g/mol. The molecule has 1 aliphatic rings. The van der Waals surface area contributed by atoms with Crippen molar-refractivity contribution >= 4 is 28.7 Å². The van der Waals surface area contributed by atoms with Gasteiger partial charge in [-0.1, -0.05) is 12.1 Å². The predicted octanol–water partition coefficient (Wildman–Crippen LogP) is 4.75. The van der Waals surface area contributed by atoms with Crippen molar-refractivity contribution in [1.82, 2.24) is 14.9 Å². The van der Waals surface area contributed by atoms with Crippen molar-refractivity contribution in [3.8, 4) is 11.3 Å². The topological polar surface area (TPSA) is 58.2 Å². The molecular formula is C18H22IN3O2. The molecule has 1 fully saturated rings. The minimum Gasteiger partial charge on any atom is -0.444 e. The zero-order valence-corrected chi connectivity index (χ0v) is 16.3. The third-order valence-electron chi connectivity index (χ3n) is 3.93. The van der Waals surface area contributed by atoms with E-state index in [9.17, 15) is 4.79 Å². The molecule has 1 atom stereocenters. The van der Waals surface area contributed by atoms with Gasteiger partial charge in [0.1, 0.15) is 11.4 Å². The summed E-state index contributed by atoms with van der Waals surface area (Å²) in [4.78, 5) is 22.2. The van der Waals surface area contributed by atoms with E-state index in [0.717, 1.165) is 29.9 Å². The summed E-state index contributed by atoms with van der Waals surface area (Å²) in [5.74, 6) is 0.826.